The Morgan fingerprint density at radius 3 is 2.70 bits per heavy atom. The maximum atomic E-state index is 11.5. The minimum Gasteiger partial charge on any atom is -0.359 e. The van der Waals surface area contributed by atoms with Crippen molar-refractivity contribution >= 4 is 11.9 Å². The fourth-order valence-corrected chi connectivity index (χ4v) is 3.05. The fraction of sp³-hybridized carbons (Fsp3) is 0.556. The van der Waals surface area contributed by atoms with E-state index in [1.165, 1.54) is 11.1 Å². The molecule has 2 N–H and O–H groups in total. The van der Waals surface area contributed by atoms with Gasteiger partial charge in [-0.3, -0.25) is 9.79 Å². The topological polar surface area (TPSA) is 56.7 Å². The Morgan fingerprint density at radius 1 is 1.35 bits per heavy atom. The van der Waals surface area contributed by atoms with Gasteiger partial charge in [-0.15, -0.1) is 0 Å². The summed E-state index contributed by atoms with van der Waals surface area (Å²) in [6, 6.07) is 8.51. The van der Waals surface area contributed by atoms with Crippen molar-refractivity contribution in [3.05, 3.63) is 35.4 Å². The van der Waals surface area contributed by atoms with Gasteiger partial charge >= 0.3 is 0 Å². The molecule has 0 unspecified atom stereocenters. The van der Waals surface area contributed by atoms with E-state index >= 15 is 0 Å². The van der Waals surface area contributed by atoms with E-state index in [4.69, 9.17) is 0 Å². The number of carbonyl (C=O) groups excluding carboxylic acids is 1. The van der Waals surface area contributed by atoms with Gasteiger partial charge in [-0.05, 0) is 31.2 Å². The van der Waals surface area contributed by atoms with E-state index < -0.39 is 0 Å². The van der Waals surface area contributed by atoms with Crippen LogP contribution in [0.25, 0.3) is 0 Å². The van der Waals surface area contributed by atoms with Crippen LogP contribution < -0.4 is 10.6 Å². The SMILES string of the molecule is CN=C(NCc1cccc(C)c1)N1CCC(CC(=O)NC)CC1. The minimum absolute atomic E-state index is 0.144. The molecule has 1 aromatic rings. The lowest BCUT2D eigenvalue weighted by molar-refractivity contribution is -0.121. The number of benzene rings is 1. The Morgan fingerprint density at radius 2 is 2.09 bits per heavy atom. The molecule has 0 aliphatic carbocycles. The second-order valence-corrected chi connectivity index (χ2v) is 6.20. The summed E-state index contributed by atoms with van der Waals surface area (Å²) in [5, 5.41) is 6.16. The van der Waals surface area contributed by atoms with Gasteiger partial charge in [0.05, 0.1) is 0 Å². The van der Waals surface area contributed by atoms with Crippen LogP contribution in [0.4, 0.5) is 0 Å². The van der Waals surface area contributed by atoms with E-state index in [0.717, 1.165) is 38.4 Å². The highest BCUT2D eigenvalue weighted by molar-refractivity contribution is 5.80. The Hall–Kier alpha value is -2.04. The van der Waals surface area contributed by atoms with Crippen molar-refractivity contribution in [1.82, 2.24) is 15.5 Å². The predicted molar refractivity (Wildman–Crippen MR) is 94.4 cm³/mol. The standard InChI is InChI=1S/C18H28N4O/c1-14-5-4-6-16(11-14)13-21-18(20-3)22-9-7-15(8-10-22)12-17(23)19-2/h4-6,11,15H,7-10,12-13H2,1-3H3,(H,19,23)(H,20,21). The molecule has 0 aromatic heterocycles. The lowest BCUT2D eigenvalue weighted by Crippen LogP contribution is -2.45. The molecule has 0 atom stereocenters. The molecule has 5 heteroatoms. The molecule has 1 aromatic carbocycles. The number of hydrogen-bond donors (Lipinski definition) is 2. The van der Waals surface area contributed by atoms with Gasteiger partial charge in [0, 0.05) is 40.2 Å². The van der Waals surface area contributed by atoms with Crippen LogP contribution in [0.5, 0.6) is 0 Å². The third-order valence-electron chi connectivity index (χ3n) is 4.41. The molecule has 126 valence electrons. The van der Waals surface area contributed by atoms with Gasteiger partial charge in [-0.25, -0.2) is 0 Å². The second-order valence-electron chi connectivity index (χ2n) is 6.20. The molecule has 0 radical (unpaired) electrons. The van der Waals surface area contributed by atoms with Gasteiger partial charge in [-0.1, -0.05) is 29.8 Å². The number of nitrogens with one attached hydrogen (secondary N) is 2. The summed E-state index contributed by atoms with van der Waals surface area (Å²) in [5.74, 6) is 1.58. The summed E-state index contributed by atoms with van der Waals surface area (Å²) in [6.45, 7) is 4.80. The molecule has 23 heavy (non-hydrogen) atoms. The van der Waals surface area contributed by atoms with Gasteiger partial charge in [0.25, 0.3) is 0 Å². The van der Waals surface area contributed by atoms with Crippen LogP contribution in [0.3, 0.4) is 0 Å². The first kappa shape index (κ1) is 17.3. The van der Waals surface area contributed by atoms with Gasteiger partial charge in [0.2, 0.25) is 5.91 Å². The summed E-state index contributed by atoms with van der Waals surface area (Å²) in [6.07, 6.45) is 2.72. The highest BCUT2D eigenvalue weighted by Gasteiger charge is 2.22. The maximum Gasteiger partial charge on any atom is 0.220 e. The lowest BCUT2D eigenvalue weighted by Gasteiger charge is -2.34. The number of likely N-dealkylation sites (tertiary alicyclic amines) is 1. The number of guanidine groups is 1. The molecule has 2 rings (SSSR count). The molecular formula is C18H28N4O. The van der Waals surface area contributed by atoms with Gasteiger partial charge in [0.1, 0.15) is 0 Å². The van der Waals surface area contributed by atoms with Gasteiger partial charge in [-0.2, -0.15) is 0 Å². The van der Waals surface area contributed by atoms with Crippen LogP contribution in [0.15, 0.2) is 29.3 Å². The molecule has 1 aliphatic rings. The normalized spacial score (nSPS) is 16.3. The van der Waals surface area contributed by atoms with E-state index in [0.29, 0.717) is 12.3 Å². The quantitative estimate of drug-likeness (QED) is 0.659. The first-order chi connectivity index (χ1) is 11.1. The molecule has 1 heterocycles. The Labute approximate surface area is 139 Å². The number of aliphatic imine (C=N–C) groups is 1. The van der Waals surface area contributed by atoms with E-state index in [1.54, 1.807) is 7.05 Å². The van der Waals surface area contributed by atoms with Gasteiger partial charge in [0.15, 0.2) is 5.96 Å². The molecule has 1 amide bonds. The lowest BCUT2D eigenvalue weighted by atomic mass is 9.93. The highest BCUT2D eigenvalue weighted by atomic mass is 16.1. The summed E-state index contributed by atoms with van der Waals surface area (Å²) in [4.78, 5) is 18.2. The molecular weight excluding hydrogens is 288 g/mol. The van der Waals surface area contributed by atoms with Crippen LogP contribution in [-0.4, -0.2) is 44.0 Å². The molecule has 1 fully saturated rings. The average molecular weight is 316 g/mol. The second kappa shape index (κ2) is 8.56. The number of piperidine rings is 1. The van der Waals surface area contributed by atoms with E-state index in [-0.39, 0.29) is 5.91 Å². The number of hydrogen-bond acceptors (Lipinski definition) is 2. The number of aryl methyl sites for hydroxylation is 1. The molecule has 5 nitrogen and oxygen atoms in total. The first-order valence-electron chi connectivity index (χ1n) is 8.34. The number of nitrogens with zero attached hydrogens (tertiary/aromatic N) is 2. The van der Waals surface area contributed by atoms with Crippen LogP contribution in [0.1, 0.15) is 30.4 Å². The molecule has 0 spiro atoms. The van der Waals surface area contributed by atoms with E-state index in [2.05, 4.69) is 51.7 Å². The Balaban J connectivity index is 1.82. The van der Waals surface area contributed by atoms with Gasteiger partial charge < -0.3 is 15.5 Å². The van der Waals surface area contributed by atoms with Crippen LogP contribution in [0.2, 0.25) is 0 Å². The Kier molecular flexibility index (Phi) is 6.44. The summed E-state index contributed by atoms with van der Waals surface area (Å²) >= 11 is 0. The molecule has 1 saturated heterocycles. The van der Waals surface area contributed by atoms with E-state index in [1.807, 2.05) is 7.05 Å². The third-order valence-corrected chi connectivity index (χ3v) is 4.41. The predicted octanol–water partition coefficient (Wildman–Crippen LogP) is 1.92. The third kappa shape index (κ3) is 5.27. The number of carbonyl (C=O) groups is 1. The van der Waals surface area contributed by atoms with Crippen molar-refractivity contribution in [2.24, 2.45) is 10.9 Å². The first-order valence-corrected chi connectivity index (χ1v) is 8.34. The van der Waals surface area contributed by atoms with Crippen molar-refractivity contribution in [2.75, 3.05) is 27.2 Å². The zero-order valence-corrected chi connectivity index (χ0v) is 14.4. The van der Waals surface area contributed by atoms with Crippen molar-refractivity contribution < 1.29 is 4.79 Å². The maximum absolute atomic E-state index is 11.5. The summed E-state index contributed by atoms with van der Waals surface area (Å²) in [5.41, 5.74) is 2.54. The zero-order chi connectivity index (χ0) is 16.7. The fourth-order valence-electron chi connectivity index (χ4n) is 3.05. The Bertz CT molecular complexity index is 548. The van der Waals surface area contributed by atoms with Crippen molar-refractivity contribution in [3.8, 4) is 0 Å². The summed E-state index contributed by atoms with van der Waals surface area (Å²) in [7, 11) is 3.53. The van der Waals surface area contributed by atoms with E-state index in [9.17, 15) is 4.79 Å². The highest BCUT2D eigenvalue weighted by Crippen LogP contribution is 2.20. The van der Waals surface area contributed by atoms with Crippen LogP contribution in [-0.2, 0) is 11.3 Å². The number of rotatable bonds is 4. The minimum atomic E-state index is 0.144. The van der Waals surface area contributed by atoms with Crippen molar-refractivity contribution in [1.29, 1.82) is 0 Å². The monoisotopic (exact) mass is 316 g/mol. The largest absolute Gasteiger partial charge is 0.359 e. The van der Waals surface area contributed by atoms with Crippen molar-refractivity contribution in [2.45, 2.75) is 32.7 Å². The van der Waals surface area contributed by atoms with Crippen LogP contribution in [0, 0.1) is 12.8 Å². The molecule has 0 saturated carbocycles. The zero-order valence-electron chi connectivity index (χ0n) is 14.4. The van der Waals surface area contributed by atoms with Crippen molar-refractivity contribution in [3.63, 3.8) is 0 Å². The molecule has 1 aliphatic heterocycles. The smallest absolute Gasteiger partial charge is 0.220 e. The number of amides is 1. The molecule has 0 bridgehead atoms. The average Bonchev–Trinajstić information content (AvgIpc) is 2.56. The van der Waals surface area contributed by atoms with Crippen LogP contribution >= 0.6 is 0 Å². The summed E-state index contributed by atoms with van der Waals surface area (Å²) < 4.78 is 0.